The van der Waals surface area contributed by atoms with Crippen LogP contribution in [0.2, 0.25) is 0 Å². The molecule has 1 aromatic heterocycles. The van der Waals surface area contributed by atoms with Gasteiger partial charge in [-0.3, -0.25) is 4.79 Å². The van der Waals surface area contributed by atoms with Gasteiger partial charge < -0.3 is 15.5 Å². The van der Waals surface area contributed by atoms with Crippen LogP contribution in [-0.2, 0) is 6.42 Å². The molecule has 0 aliphatic carbocycles. The zero-order valence-electron chi connectivity index (χ0n) is 11.4. The Bertz CT molecular complexity index is 615. The Balaban J connectivity index is 2.32. The highest BCUT2D eigenvalue weighted by Gasteiger charge is 2.16. The Labute approximate surface area is 112 Å². The fourth-order valence-corrected chi connectivity index (χ4v) is 2.00. The van der Waals surface area contributed by atoms with E-state index in [1.165, 1.54) is 6.26 Å². The number of amides is 1. The van der Waals surface area contributed by atoms with Crippen molar-refractivity contribution in [2.45, 2.75) is 27.2 Å². The standard InChI is InChI=1S/C15H18N2O2/c1-4-13-11(7-8-19-13)15(18)17-14-10(3)9(2)5-6-12(14)16/h5-8H,4,16H2,1-3H3,(H,17,18). The van der Waals surface area contributed by atoms with Crippen molar-refractivity contribution in [3.05, 3.63) is 46.9 Å². The summed E-state index contributed by atoms with van der Waals surface area (Å²) in [5.41, 5.74) is 9.80. The summed E-state index contributed by atoms with van der Waals surface area (Å²) in [5.74, 6) is 0.493. The van der Waals surface area contributed by atoms with Gasteiger partial charge >= 0.3 is 0 Å². The van der Waals surface area contributed by atoms with E-state index in [9.17, 15) is 4.79 Å². The molecule has 2 aromatic rings. The van der Waals surface area contributed by atoms with Crippen LogP contribution in [-0.4, -0.2) is 5.91 Å². The van der Waals surface area contributed by atoms with Gasteiger partial charge in [0.1, 0.15) is 5.76 Å². The van der Waals surface area contributed by atoms with Crippen molar-refractivity contribution < 1.29 is 9.21 Å². The van der Waals surface area contributed by atoms with Gasteiger partial charge in [-0.05, 0) is 37.1 Å². The van der Waals surface area contributed by atoms with Crippen LogP contribution < -0.4 is 11.1 Å². The van der Waals surface area contributed by atoms with E-state index in [0.717, 1.165) is 11.1 Å². The molecule has 0 aliphatic heterocycles. The predicted molar refractivity (Wildman–Crippen MR) is 76.4 cm³/mol. The lowest BCUT2D eigenvalue weighted by Gasteiger charge is -2.13. The number of benzene rings is 1. The minimum absolute atomic E-state index is 0.189. The smallest absolute Gasteiger partial charge is 0.259 e. The minimum atomic E-state index is -0.189. The van der Waals surface area contributed by atoms with Crippen molar-refractivity contribution in [2.75, 3.05) is 11.1 Å². The average Bonchev–Trinajstić information content (AvgIpc) is 2.87. The molecular formula is C15H18N2O2. The first-order chi connectivity index (χ1) is 9.04. The number of hydrogen-bond acceptors (Lipinski definition) is 3. The van der Waals surface area contributed by atoms with E-state index < -0.39 is 0 Å². The predicted octanol–water partition coefficient (Wildman–Crippen LogP) is 3.29. The average molecular weight is 258 g/mol. The zero-order valence-corrected chi connectivity index (χ0v) is 11.4. The number of aryl methyl sites for hydroxylation is 2. The topological polar surface area (TPSA) is 68.3 Å². The number of nitrogens with two attached hydrogens (primary N) is 1. The Morgan fingerprint density at radius 1 is 1.32 bits per heavy atom. The first-order valence-corrected chi connectivity index (χ1v) is 6.28. The second-order valence-electron chi connectivity index (χ2n) is 4.54. The van der Waals surface area contributed by atoms with Gasteiger partial charge in [0.05, 0.1) is 23.2 Å². The van der Waals surface area contributed by atoms with Crippen molar-refractivity contribution in [1.82, 2.24) is 0 Å². The first kappa shape index (κ1) is 13.2. The summed E-state index contributed by atoms with van der Waals surface area (Å²) in [7, 11) is 0. The molecule has 0 atom stereocenters. The summed E-state index contributed by atoms with van der Waals surface area (Å²) < 4.78 is 5.26. The lowest BCUT2D eigenvalue weighted by atomic mass is 10.1. The van der Waals surface area contributed by atoms with Gasteiger partial charge in [0.15, 0.2) is 0 Å². The largest absolute Gasteiger partial charge is 0.469 e. The fourth-order valence-electron chi connectivity index (χ4n) is 2.00. The molecule has 19 heavy (non-hydrogen) atoms. The maximum absolute atomic E-state index is 12.2. The molecule has 0 spiro atoms. The van der Waals surface area contributed by atoms with Crippen molar-refractivity contribution >= 4 is 17.3 Å². The third-order valence-electron chi connectivity index (χ3n) is 3.32. The van der Waals surface area contributed by atoms with E-state index in [2.05, 4.69) is 5.32 Å². The van der Waals surface area contributed by atoms with E-state index in [4.69, 9.17) is 10.2 Å². The van der Waals surface area contributed by atoms with E-state index in [1.807, 2.05) is 26.8 Å². The molecule has 3 N–H and O–H groups in total. The van der Waals surface area contributed by atoms with Gasteiger partial charge in [-0.15, -0.1) is 0 Å². The van der Waals surface area contributed by atoms with Gasteiger partial charge in [-0.2, -0.15) is 0 Å². The van der Waals surface area contributed by atoms with Gasteiger partial charge in [0.25, 0.3) is 5.91 Å². The Morgan fingerprint density at radius 2 is 2.05 bits per heavy atom. The molecule has 1 amide bonds. The zero-order chi connectivity index (χ0) is 14.0. The molecule has 0 bridgehead atoms. The number of anilines is 2. The van der Waals surface area contributed by atoms with Crippen LogP contribution >= 0.6 is 0 Å². The summed E-state index contributed by atoms with van der Waals surface area (Å²) >= 11 is 0. The lowest BCUT2D eigenvalue weighted by Crippen LogP contribution is -2.15. The highest BCUT2D eigenvalue weighted by molar-refractivity contribution is 6.07. The summed E-state index contributed by atoms with van der Waals surface area (Å²) in [6, 6.07) is 5.42. The first-order valence-electron chi connectivity index (χ1n) is 6.28. The monoisotopic (exact) mass is 258 g/mol. The van der Waals surface area contributed by atoms with E-state index in [0.29, 0.717) is 29.1 Å². The summed E-state index contributed by atoms with van der Waals surface area (Å²) in [5, 5.41) is 2.87. The van der Waals surface area contributed by atoms with Gasteiger partial charge in [-0.25, -0.2) is 0 Å². The van der Waals surface area contributed by atoms with E-state index in [1.54, 1.807) is 12.1 Å². The molecule has 0 radical (unpaired) electrons. The van der Waals surface area contributed by atoms with Crippen molar-refractivity contribution in [1.29, 1.82) is 0 Å². The normalized spacial score (nSPS) is 10.5. The Hall–Kier alpha value is -2.23. The number of rotatable bonds is 3. The molecule has 4 heteroatoms. The molecule has 0 saturated heterocycles. The molecule has 4 nitrogen and oxygen atoms in total. The molecule has 0 unspecified atom stereocenters. The minimum Gasteiger partial charge on any atom is -0.469 e. The van der Waals surface area contributed by atoms with Crippen molar-refractivity contribution in [3.8, 4) is 0 Å². The quantitative estimate of drug-likeness (QED) is 0.830. The highest BCUT2D eigenvalue weighted by Crippen LogP contribution is 2.26. The van der Waals surface area contributed by atoms with E-state index >= 15 is 0 Å². The molecule has 100 valence electrons. The number of nitrogen functional groups attached to an aromatic ring is 1. The summed E-state index contributed by atoms with van der Waals surface area (Å²) in [4.78, 5) is 12.2. The number of furan rings is 1. The summed E-state index contributed by atoms with van der Waals surface area (Å²) in [6.45, 7) is 5.87. The third-order valence-corrected chi connectivity index (χ3v) is 3.32. The van der Waals surface area contributed by atoms with Gasteiger partial charge in [0, 0.05) is 6.42 Å². The van der Waals surface area contributed by atoms with Crippen LogP contribution in [0.25, 0.3) is 0 Å². The maximum Gasteiger partial charge on any atom is 0.259 e. The molecular weight excluding hydrogens is 240 g/mol. The maximum atomic E-state index is 12.2. The number of carbonyl (C=O) groups is 1. The molecule has 0 saturated carbocycles. The fraction of sp³-hybridized carbons (Fsp3) is 0.267. The SMILES string of the molecule is CCc1occc1C(=O)Nc1c(N)ccc(C)c1C. The second kappa shape index (κ2) is 5.18. The van der Waals surface area contributed by atoms with Crippen LogP contribution in [0.4, 0.5) is 11.4 Å². The molecule has 1 aromatic carbocycles. The number of nitrogens with one attached hydrogen (secondary N) is 1. The number of hydrogen-bond donors (Lipinski definition) is 2. The summed E-state index contributed by atoms with van der Waals surface area (Å²) in [6.07, 6.45) is 2.21. The third kappa shape index (κ3) is 2.47. The molecule has 0 fully saturated rings. The van der Waals surface area contributed by atoms with Gasteiger partial charge in [0.2, 0.25) is 0 Å². The second-order valence-corrected chi connectivity index (χ2v) is 4.54. The molecule has 2 rings (SSSR count). The number of carbonyl (C=O) groups excluding carboxylic acids is 1. The van der Waals surface area contributed by atoms with Crippen LogP contribution in [0.15, 0.2) is 28.9 Å². The van der Waals surface area contributed by atoms with Crippen LogP contribution in [0.1, 0.15) is 34.2 Å². The molecule has 0 aliphatic rings. The van der Waals surface area contributed by atoms with Crippen LogP contribution in [0, 0.1) is 13.8 Å². The Kier molecular flexibility index (Phi) is 3.60. The van der Waals surface area contributed by atoms with Crippen LogP contribution in [0.3, 0.4) is 0 Å². The van der Waals surface area contributed by atoms with Crippen molar-refractivity contribution in [2.24, 2.45) is 0 Å². The van der Waals surface area contributed by atoms with Crippen molar-refractivity contribution in [3.63, 3.8) is 0 Å². The van der Waals surface area contributed by atoms with Gasteiger partial charge in [-0.1, -0.05) is 13.0 Å². The highest BCUT2D eigenvalue weighted by atomic mass is 16.3. The Morgan fingerprint density at radius 3 is 2.74 bits per heavy atom. The van der Waals surface area contributed by atoms with Crippen LogP contribution in [0.5, 0.6) is 0 Å². The molecule has 1 heterocycles. The lowest BCUT2D eigenvalue weighted by molar-refractivity contribution is 0.102. The van der Waals surface area contributed by atoms with E-state index in [-0.39, 0.29) is 5.91 Å².